The third-order valence-corrected chi connectivity index (χ3v) is 7.37. The number of carbonyl (C=O) groups excluding carboxylic acids is 2. The number of esters is 1. The number of nitrogens with one attached hydrogen (secondary N) is 1. The van der Waals surface area contributed by atoms with Crippen LogP contribution in [0.4, 0.5) is 0 Å². The second-order valence-electron chi connectivity index (χ2n) is 10.7. The van der Waals surface area contributed by atoms with Gasteiger partial charge in [0, 0.05) is 26.0 Å². The Morgan fingerprint density at radius 3 is 2.59 bits per heavy atom. The van der Waals surface area contributed by atoms with Gasteiger partial charge in [-0.2, -0.15) is 0 Å². The molecule has 0 radical (unpaired) electrons. The molecule has 0 aromatic carbocycles. The van der Waals surface area contributed by atoms with E-state index < -0.39 is 23.9 Å². The van der Waals surface area contributed by atoms with Crippen LogP contribution in [-0.4, -0.2) is 83.6 Å². The number of amides is 1. The van der Waals surface area contributed by atoms with Gasteiger partial charge in [0.25, 0.3) is 0 Å². The molecule has 1 spiro atoms. The van der Waals surface area contributed by atoms with Gasteiger partial charge in [0.2, 0.25) is 5.91 Å². The first kappa shape index (κ1) is 29.5. The van der Waals surface area contributed by atoms with Crippen molar-refractivity contribution in [3.05, 3.63) is 36.0 Å². The van der Waals surface area contributed by atoms with Gasteiger partial charge >= 0.3 is 5.97 Å². The lowest BCUT2D eigenvalue weighted by atomic mass is 9.87. The summed E-state index contributed by atoms with van der Waals surface area (Å²) >= 11 is 0. The molecule has 0 aromatic heterocycles. The van der Waals surface area contributed by atoms with Crippen molar-refractivity contribution in [2.24, 2.45) is 5.92 Å². The molecule has 0 aliphatic carbocycles. The molecule has 208 valence electrons. The van der Waals surface area contributed by atoms with Crippen LogP contribution in [0.3, 0.4) is 0 Å². The SMILES string of the molecule is CC(=O)O[C@@H](C)/C=C\C(=O)N[C@@H]1C[C@H](C)[C@H](C/C=C(C)/C=C/[C@H]2O[C@H](CCO)C[C@@]3(CO3)[C@@H]2O)O[C@@H]1C. The third kappa shape index (κ3) is 8.48. The van der Waals surface area contributed by atoms with Crippen LogP contribution in [0.2, 0.25) is 0 Å². The van der Waals surface area contributed by atoms with Gasteiger partial charge in [-0.3, -0.25) is 9.59 Å². The first-order chi connectivity index (χ1) is 17.5. The van der Waals surface area contributed by atoms with Gasteiger partial charge in [-0.1, -0.05) is 30.7 Å². The number of aliphatic hydroxyl groups is 2. The van der Waals surface area contributed by atoms with E-state index in [4.69, 9.17) is 18.9 Å². The molecule has 3 heterocycles. The summed E-state index contributed by atoms with van der Waals surface area (Å²) in [5.41, 5.74) is 0.505. The molecule has 37 heavy (non-hydrogen) atoms. The molecule has 3 rings (SSSR count). The Morgan fingerprint density at radius 1 is 1.22 bits per heavy atom. The van der Waals surface area contributed by atoms with Gasteiger partial charge in [-0.25, -0.2) is 0 Å². The van der Waals surface area contributed by atoms with Crippen LogP contribution in [-0.2, 0) is 28.5 Å². The second kappa shape index (κ2) is 13.2. The van der Waals surface area contributed by atoms with E-state index in [9.17, 15) is 19.8 Å². The van der Waals surface area contributed by atoms with Crippen LogP contribution in [0, 0.1) is 5.92 Å². The largest absolute Gasteiger partial charge is 0.459 e. The average Bonchev–Trinajstić information content (AvgIpc) is 3.60. The Balaban J connectivity index is 1.48. The van der Waals surface area contributed by atoms with Gasteiger partial charge in [0.15, 0.2) is 0 Å². The number of carbonyl (C=O) groups is 2. The van der Waals surface area contributed by atoms with Crippen molar-refractivity contribution < 1.29 is 38.7 Å². The molecule has 0 unspecified atom stereocenters. The van der Waals surface area contributed by atoms with Gasteiger partial charge in [-0.05, 0) is 52.0 Å². The Labute approximate surface area is 219 Å². The minimum absolute atomic E-state index is 0.0274. The van der Waals surface area contributed by atoms with Crippen LogP contribution < -0.4 is 5.32 Å². The molecular formula is C28H43NO8. The number of allylic oxidation sites excluding steroid dienone is 2. The van der Waals surface area contributed by atoms with Gasteiger partial charge in [-0.15, -0.1) is 0 Å². The predicted octanol–water partition coefficient (Wildman–Crippen LogP) is 2.35. The van der Waals surface area contributed by atoms with E-state index in [0.29, 0.717) is 19.4 Å². The Kier molecular flexibility index (Phi) is 10.5. The minimum Gasteiger partial charge on any atom is -0.459 e. The Hall–Kier alpha value is -2.04. The molecule has 0 saturated carbocycles. The van der Waals surface area contributed by atoms with E-state index in [1.807, 2.05) is 26.0 Å². The van der Waals surface area contributed by atoms with Crippen LogP contribution in [0.25, 0.3) is 0 Å². The molecule has 3 fully saturated rings. The molecule has 3 N–H and O–H groups in total. The fraction of sp³-hybridized carbons (Fsp3) is 0.714. The highest BCUT2D eigenvalue weighted by Gasteiger charge is 2.58. The highest BCUT2D eigenvalue weighted by molar-refractivity contribution is 5.87. The zero-order valence-electron chi connectivity index (χ0n) is 22.6. The second-order valence-corrected chi connectivity index (χ2v) is 10.7. The highest BCUT2D eigenvalue weighted by atomic mass is 16.6. The normalized spacial score (nSPS) is 37.2. The number of epoxide rings is 1. The van der Waals surface area contributed by atoms with E-state index in [0.717, 1.165) is 18.4 Å². The molecule has 3 aliphatic rings. The summed E-state index contributed by atoms with van der Waals surface area (Å²) in [6.45, 7) is 9.69. The maximum atomic E-state index is 12.3. The van der Waals surface area contributed by atoms with Crippen molar-refractivity contribution in [1.82, 2.24) is 5.32 Å². The van der Waals surface area contributed by atoms with Gasteiger partial charge in [0.1, 0.15) is 23.9 Å². The monoisotopic (exact) mass is 521 g/mol. The van der Waals surface area contributed by atoms with Crippen molar-refractivity contribution >= 4 is 11.9 Å². The van der Waals surface area contributed by atoms with Crippen molar-refractivity contribution in [3.8, 4) is 0 Å². The first-order valence-electron chi connectivity index (χ1n) is 13.3. The lowest BCUT2D eigenvalue weighted by Crippen LogP contribution is -2.50. The highest BCUT2D eigenvalue weighted by Crippen LogP contribution is 2.43. The molecule has 9 nitrogen and oxygen atoms in total. The molecule has 9 heteroatoms. The molecule has 1 amide bonds. The average molecular weight is 522 g/mol. The fourth-order valence-corrected chi connectivity index (χ4v) is 5.08. The maximum absolute atomic E-state index is 12.3. The smallest absolute Gasteiger partial charge is 0.303 e. The summed E-state index contributed by atoms with van der Waals surface area (Å²) in [6.07, 6.45) is 9.65. The first-order valence-corrected chi connectivity index (χ1v) is 13.3. The van der Waals surface area contributed by atoms with E-state index in [2.05, 4.69) is 18.3 Å². The van der Waals surface area contributed by atoms with E-state index in [1.54, 1.807) is 13.0 Å². The predicted molar refractivity (Wildman–Crippen MR) is 138 cm³/mol. The molecule has 0 bridgehead atoms. The van der Waals surface area contributed by atoms with E-state index in [-0.39, 0.29) is 48.8 Å². The fourth-order valence-electron chi connectivity index (χ4n) is 5.08. The number of hydrogen-bond acceptors (Lipinski definition) is 8. The summed E-state index contributed by atoms with van der Waals surface area (Å²) in [6, 6.07) is -0.105. The van der Waals surface area contributed by atoms with E-state index in [1.165, 1.54) is 13.0 Å². The third-order valence-electron chi connectivity index (χ3n) is 7.37. The number of hydrogen-bond donors (Lipinski definition) is 3. The van der Waals surface area contributed by atoms with Gasteiger partial charge < -0.3 is 34.5 Å². The summed E-state index contributed by atoms with van der Waals surface area (Å²) in [4.78, 5) is 23.3. The number of ether oxygens (including phenoxy) is 4. The number of rotatable bonds is 10. The molecule has 9 atom stereocenters. The maximum Gasteiger partial charge on any atom is 0.303 e. The van der Waals surface area contributed by atoms with Gasteiger partial charge in [0.05, 0.1) is 31.0 Å². The van der Waals surface area contributed by atoms with Crippen LogP contribution in [0.15, 0.2) is 36.0 Å². The zero-order valence-corrected chi connectivity index (χ0v) is 22.6. The summed E-state index contributed by atoms with van der Waals surface area (Å²) in [5.74, 6) is -0.384. The zero-order chi connectivity index (χ0) is 27.2. The Morgan fingerprint density at radius 2 is 1.95 bits per heavy atom. The molecule has 3 aliphatic heterocycles. The Bertz CT molecular complexity index is 879. The summed E-state index contributed by atoms with van der Waals surface area (Å²) < 4.78 is 22.8. The quantitative estimate of drug-likeness (QED) is 0.173. The molecule has 0 aromatic rings. The van der Waals surface area contributed by atoms with Crippen molar-refractivity contribution in [2.75, 3.05) is 13.2 Å². The molecule has 3 saturated heterocycles. The van der Waals surface area contributed by atoms with Crippen LogP contribution >= 0.6 is 0 Å². The lowest BCUT2D eigenvalue weighted by molar-refractivity contribution is -0.143. The van der Waals surface area contributed by atoms with Crippen LogP contribution in [0.5, 0.6) is 0 Å². The van der Waals surface area contributed by atoms with Crippen molar-refractivity contribution in [2.45, 2.75) is 109 Å². The molecular weight excluding hydrogens is 478 g/mol. The van der Waals surface area contributed by atoms with Crippen molar-refractivity contribution in [1.29, 1.82) is 0 Å². The standard InChI is InChI=1S/C28H43NO8/c1-17(7-10-25-27(33)28(16-34-28)15-22(37-25)12-13-30)6-9-24-18(2)14-23(20(4)36-24)29-26(32)11-8-19(3)35-21(5)31/h6-8,10-11,18-20,22-25,27,30,33H,9,12-16H2,1-5H3,(H,29,32)/b10-7+,11-8-,17-6+/t18-,19-,20+,22+,23+,24-,25+,27+,28+/m0/s1. The minimum atomic E-state index is -0.721. The van der Waals surface area contributed by atoms with Crippen molar-refractivity contribution in [3.63, 3.8) is 0 Å². The van der Waals surface area contributed by atoms with Crippen LogP contribution in [0.1, 0.15) is 60.3 Å². The topological polar surface area (TPSA) is 127 Å². The number of aliphatic hydroxyl groups excluding tert-OH is 2. The summed E-state index contributed by atoms with van der Waals surface area (Å²) in [5, 5.41) is 23.0. The lowest BCUT2D eigenvalue weighted by Gasteiger charge is -2.39. The van der Waals surface area contributed by atoms with E-state index >= 15 is 0 Å². The summed E-state index contributed by atoms with van der Waals surface area (Å²) in [7, 11) is 0.